The van der Waals surface area contributed by atoms with Crippen LogP contribution in [0, 0.1) is 24.1 Å². The lowest BCUT2D eigenvalue weighted by atomic mass is 9.79. The topological polar surface area (TPSA) is 75.1 Å². The van der Waals surface area contributed by atoms with Crippen LogP contribution in [-0.4, -0.2) is 27.0 Å². The second-order valence-corrected chi connectivity index (χ2v) is 7.07. The van der Waals surface area contributed by atoms with Crippen LogP contribution in [0.5, 0.6) is 0 Å². The van der Waals surface area contributed by atoms with Crippen molar-refractivity contribution in [2.45, 2.75) is 31.7 Å². The highest BCUT2D eigenvalue weighted by molar-refractivity contribution is 5.47. The molecule has 1 saturated heterocycles. The van der Waals surface area contributed by atoms with Gasteiger partial charge in [-0.3, -0.25) is 9.20 Å². The maximum atomic E-state index is 13.5. The summed E-state index contributed by atoms with van der Waals surface area (Å²) in [4.78, 5) is 17.5. The fourth-order valence-corrected chi connectivity index (χ4v) is 3.81. The highest BCUT2D eigenvalue weighted by Gasteiger charge is 2.38. The van der Waals surface area contributed by atoms with Crippen molar-refractivity contribution in [1.82, 2.24) is 19.3 Å². The molecule has 7 heteroatoms. The van der Waals surface area contributed by atoms with Crippen LogP contribution in [-0.2, 0) is 12.0 Å². The van der Waals surface area contributed by atoms with Gasteiger partial charge >= 0.3 is 0 Å². The average Bonchev–Trinajstić information content (AvgIpc) is 3.10. The third kappa shape index (κ3) is 2.92. The van der Waals surface area contributed by atoms with Crippen LogP contribution in [0.1, 0.15) is 29.9 Å². The Kier molecular flexibility index (Phi) is 4.28. The lowest BCUT2D eigenvalue weighted by Gasteiger charge is -2.30. The van der Waals surface area contributed by atoms with E-state index in [1.807, 2.05) is 13.1 Å². The second-order valence-electron chi connectivity index (χ2n) is 7.07. The van der Waals surface area contributed by atoms with Gasteiger partial charge in [0.05, 0.1) is 18.8 Å². The summed E-state index contributed by atoms with van der Waals surface area (Å²) in [5.41, 5.74) is 1.00. The van der Waals surface area contributed by atoms with Crippen molar-refractivity contribution in [2.75, 3.05) is 13.1 Å². The molecule has 1 N–H and O–H groups in total. The molecule has 3 aromatic rings. The van der Waals surface area contributed by atoms with E-state index in [-0.39, 0.29) is 17.9 Å². The summed E-state index contributed by atoms with van der Waals surface area (Å²) in [6.07, 6.45) is 4.71. The Morgan fingerprint density at radius 1 is 1.37 bits per heavy atom. The summed E-state index contributed by atoms with van der Waals surface area (Å²) >= 11 is 0. The molecule has 1 aliphatic rings. The number of benzene rings is 1. The largest absolute Gasteiger partial charge is 0.317 e. The fraction of sp³-hybridized carbons (Fsp3) is 0.350. The van der Waals surface area contributed by atoms with E-state index in [1.54, 1.807) is 27.3 Å². The fourth-order valence-electron chi connectivity index (χ4n) is 3.81. The summed E-state index contributed by atoms with van der Waals surface area (Å²) in [5, 5.41) is 13.1. The Labute approximate surface area is 155 Å². The van der Waals surface area contributed by atoms with Crippen molar-refractivity contribution in [3.8, 4) is 6.07 Å². The van der Waals surface area contributed by atoms with Crippen molar-refractivity contribution in [2.24, 2.45) is 0 Å². The molecule has 1 fully saturated rings. The van der Waals surface area contributed by atoms with Gasteiger partial charge in [-0.15, -0.1) is 0 Å². The third-order valence-corrected chi connectivity index (χ3v) is 5.33. The van der Waals surface area contributed by atoms with Gasteiger partial charge in [0.25, 0.3) is 5.56 Å². The quantitative estimate of drug-likeness (QED) is 0.772. The van der Waals surface area contributed by atoms with Crippen molar-refractivity contribution in [1.29, 1.82) is 5.26 Å². The SMILES string of the molecule is Cc1cn2c(C3(C#N)CCNCC3)ncc2c(=O)n1Cc1cccc(F)c1. The molecule has 0 amide bonds. The minimum atomic E-state index is -0.689. The molecule has 0 unspecified atom stereocenters. The van der Waals surface area contributed by atoms with E-state index in [9.17, 15) is 14.4 Å². The Balaban J connectivity index is 1.82. The smallest absolute Gasteiger partial charge is 0.276 e. The van der Waals surface area contributed by atoms with E-state index in [0.717, 1.165) is 24.3 Å². The standard InChI is InChI=1S/C20H20FN5O/c1-14-11-26-17(10-24-19(26)20(13-22)5-7-23-8-6-20)18(27)25(14)12-15-3-2-4-16(21)9-15/h2-4,9-11,23H,5-8,12H2,1H3. The van der Waals surface area contributed by atoms with Gasteiger partial charge < -0.3 is 9.88 Å². The predicted molar refractivity (Wildman–Crippen MR) is 99.1 cm³/mol. The number of nitrogens with one attached hydrogen (secondary N) is 1. The van der Waals surface area contributed by atoms with Crippen molar-refractivity contribution < 1.29 is 4.39 Å². The van der Waals surface area contributed by atoms with E-state index >= 15 is 0 Å². The van der Waals surface area contributed by atoms with Gasteiger partial charge in [0.2, 0.25) is 0 Å². The van der Waals surface area contributed by atoms with Crippen LogP contribution in [0.3, 0.4) is 0 Å². The normalized spacial score (nSPS) is 16.3. The maximum Gasteiger partial charge on any atom is 0.276 e. The summed E-state index contributed by atoms with van der Waals surface area (Å²) < 4.78 is 16.8. The van der Waals surface area contributed by atoms with E-state index < -0.39 is 5.41 Å². The van der Waals surface area contributed by atoms with Crippen LogP contribution < -0.4 is 10.9 Å². The van der Waals surface area contributed by atoms with Crippen LogP contribution in [0.25, 0.3) is 5.52 Å². The minimum Gasteiger partial charge on any atom is -0.317 e. The number of aryl methyl sites for hydroxylation is 1. The molecule has 0 aliphatic carbocycles. The summed E-state index contributed by atoms with van der Waals surface area (Å²) in [6.45, 7) is 3.62. The number of halogens is 1. The molecule has 0 atom stereocenters. The molecule has 1 aliphatic heterocycles. The number of piperidine rings is 1. The molecule has 0 saturated carbocycles. The molecule has 2 aromatic heterocycles. The lowest BCUT2D eigenvalue weighted by Crippen LogP contribution is -2.40. The number of fused-ring (bicyclic) bond motifs is 1. The van der Waals surface area contributed by atoms with E-state index in [2.05, 4.69) is 16.4 Å². The maximum absolute atomic E-state index is 13.5. The van der Waals surface area contributed by atoms with Gasteiger partial charge in [-0.2, -0.15) is 5.26 Å². The molecule has 6 nitrogen and oxygen atoms in total. The zero-order chi connectivity index (χ0) is 19.0. The molecular formula is C20H20FN5O. The van der Waals surface area contributed by atoms with E-state index in [0.29, 0.717) is 24.2 Å². The number of rotatable bonds is 3. The number of aromatic nitrogens is 3. The van der Waals surface area contributed by atoms with Gasteiger partial charge in [-0.05, 0) is 50.6 Å². The summed E-state index contributed by atoms with van der Waals surface area (Å²) in [6, 6.07) is 8.67. The minimum absolute atomic E-state index is 0.194. The number of nitrogens with zero attached hydrogens (tertiary/aromatic N) is 4. The van der Waals surface area contributed by atoms with Crippen LogP contribution in [0.4, 0.5) is 4.39 Å². The average molecular weight is 365 g/mol. The van der Waals surface area contributed by atoms with Crippen molar-refractivity contribution in [3.05, 3.63) is 69.9 Å². The number of hydrogen-bond acceptors (Lipinski definition) is 4. The Bertz CT molecular complexity index is 1100. The summed E-state index contributed by atoms with van der Waals surface area (Å²) in [7, 11) is 0. The third-order valence-electron chi connectivity index (χ3n) is 5.33. The monoisotopic (exact) mass is 365 g/mol. The Morgan fingerprint density at radius 3 is 2.85 bits per heavy atom. The first kappa shape index (κ1) is 17.4. The molecular weight excluding hydrogens is 345 g/mol. The predicted octanol–water partition coefficient (Wildman–Crippen LogP) is 2.14. The number of nitriles is 1. The Hall–Kier alpha value is -2.98. The van der Waals surface area contributed by atoms with Gasteiger partial charge in [-0.1, -0.05) is 12.1 Å². The zero-order valence-corrected chi connectivity index (χ0v) is 15.1. The van der Waals surface area contributed by atoms with E-state index in [1.165, 1.54) is 12.1 Å². The molecule has 0 radical (unpaired) electrons. The van der Waals surface area contributed by atoms with Gasteiger partial charge in [0.15, 0.2) is 0 Å². The summed E-state index contributed by atoms with van der Waals surface area (Å²) in [5.74, 6) is 0.299. The molecule has 27 heavy (non-hydrogen) atoms. The molecule has 3 heterocycles. The highest BCUT2D eigenvalue weighted by Crippen LogP contribution is 2.32. The van der Waals surface area contributed by atoms with Crippen LogP contribution >= 0.6 is 0 Å². The van der Waals surface area contributed by atoms with Crippen LogP contribution in [0.15, 0.2) is 41.5 Å². The van der Waals surface area contributed by atoms with Gasteiger partial charge in [0.1, 0.15) is 22.6 Å². The first-order chi connectivity index (χ1) is 13.0. The molecule has 0 bridgehead atoms. The van der Waals surface area contributed by atoms with Gasteiger partial charge in [0, 0.05) is 11.9 Å². The second kappa shape index (κ2) is 6.63. The molecule has 4 rings (SSSR count). The Morgan fingerprint density at radius 2 is 2.15 bits per heavy atom. The molecule has 138 valence electrons. The molecule has 1 aromatic carbocycles. The number of imidazole rings is 1. The van der Waals surface area contributed by atoms with Gasteiger partial charge in [-0.25, -0.2) is 9.37 Å². The van der Waals surface area contributed by atoms with Crippen molar-refractivity contribution in [3.63, 3.8) is 0 Å². The first-order valence-electron chi connectivity index (χ1n) is 8.98. The lowest BCUT2D eigenvalue weighted by molar-refractivity contribution is 0.364. The number of hydrogen-bond donors (Lipinski definition) is 1. The van der Waals surface area contributed by atoms with E-state index in [4.69, 9.17) is 0 Å². The van der Waals surface area contributed by atoms with Crippen molar-refractivity contribution >= 4 is 5.52 Å². The first-order valence-corrected chi connectivity index (χ1v) is 8.98. The van der Waals surface area contributed by atoms with Crippen LogP contribution in [0.2, 0.25) is 0 Å². The highest BCUT2D eigenvalue weighted by atomic mass is 19.1. The molecule has 0 spiro atoms. The zero-order valence-electron chi connectivity index (χ0n) is 15.1.